The number of pyridine rings is 1. The normalized spacial score (nSPS) is 11.2. The molecular formula is C13H9F3N2O2S. The lowest BCUT2D eigenvalue weighted by atomic mass is 10.2. The van der Waals surface area contributed by atoms with Gasteiger partial charge in [-0.2, -0.15) is 13.2 Å². The van der Waals surface area contributed by atoms with Crippen molar-refractivity contribution in [2.75, 3.05) is 0 Å². The minimum Gasteiger partial charge on any atom is -0.401 e. The van der Waals surface area contributed by atoms with Gasteiger partial charge in [0.1, 0.15) is 0 Å². The maximum Gasteiger partial charge on any atom is 0.417 e. The van der Waals surface area contributed by atoms with Crippen molar-refractivity contribution in [3.05, 3.63) is 53.7 Å². The summed E-state index contributed by atoms with van der Waals surface area (Å²) >= 11 is 0.911. The predicted octanol–water partition coefficient (Wildman–Crippen LogP) is 3.29. The first-order valence-corrected chi connectivity index (χ1v) is 6.38. The zero-order valence-corrected chi connectivity index (χ0v) is 11.2. The Bertz CT molecular complexity index is 627. The van der Waals surface area contributed by atoms with E-state index >= 15 is 0 Å². The molecule has 21 heavy (non-hydrogen) atoms. The largest absolute Gasteiger partial charge is 0.417 e. The summed E-state index contributed by atoms with van der Waals surface area (Å²) in [6.07, 6.45) is -3.73. The second-order valence-electron chi connectivity index (χ2n) is 3.94. The molecule has 2 rings (SSSR count). The van der Waals surface area contributed by atoms with Crippen molar-refractivity contribution in [2.45, 2.75) is 11.1 Å². The standard InChI is InChI=1S/C13H9F3N2O2S/c14-13(15,16)9-3-6-11(18-7-9)20-21-10-4-1-8(2-5-10)12(17)19/h1-7H,(H2,17,19). The van der Waals surface area contributed by atoms with Crippen LogP contribution in [0.2, 0.25) is 0 Å². The van der Waals surface area contributed by atoms with Crippen LogP contribution in [0.5, 0.6) is 5.88 Å². The molecule has 0 aliphatic carbocycles. The quantitative estimate of drug-likeness (QED) is 0.880. The first kappa shape index (κ1) is 15.2. The Morgan fingerprint density at radius 1 is 1.14 bits per heavy atom. The third-order valence-electron chi connectivity index (χ3n) is 2.43. The van der Waals surface area contributed by atoms with Gasteiger partial charge in [-0.1, -0.05) is 0 Å². The molecule has 0 aliphatic rings. The second kappa shape index (κ2) is 6.04. The Kier molecular flexibility index (Phi) is 4.37. The van der Waals surface area contributed by atoms with E-state index in [0.717, 1.165) is 24.2 Å². The fourth-order valence-corrected chi connectivity index (χ4v) is 1.89. The summed E-state index contributed by atoms with van der Waals surface area (Å²) in [7, 11) is 0. The first-order chi connectivity index (χ1) is 9.86. The lowest BCUT2D eigenvalue weighted by Gasteiger charge is -2.07. The molecule has 110 valence electrons. The third kappa shape index (κ3) is 4.12. The van der Waals surface area contributed by atoms with Crippen LogP contribution in [0.1, 0.15) is 15.9 Å². The topological polar surface area (TPSA) is 65.2 Å². The number of amides is 1. The van der Waals surface area contributed by atoms with Crippen LogP contribution in [0.25, 0.3) is 0 Å². The number of rotatable bonds is 4. The second-order valence-corrected chi connectivity index (χ2v) is 4.74. The molecule has 0 aliphatic heterocycles. The summed E-state index contributed by atoms with van der Waals surface area (Å²) in [5, 5.41) is 0. The number of carbonyl (C=O) groups excluding carboxylic acids is 1. The highest BCUT2D eigenvalue weighted by Gasteiger charge is 2.30. The molecule has 0 saturated heterocycles. The van der Waals surface area contributed by atoms with Crippen molar-refractivity contribution in [1.82, 2.24) is 4.98 Å². The van der Waals surface area contributed by atoms with Crippen molar-refractivity contribution < 1.29 is 22.1 Å². The van der Waals surface area contributed by atoms with Crippen LogP contribution >= 0.6 is 12.0 Å². The molecule has 1 heterocycles. The van der Waals surface area contributed by atoms with Crippen LogP contribution in [-0.4, -0.2) is 10.9 Å². The number of carbonyl (C=O) groups is 1. The Balaban J connectivity index is 1.98. The summed E-state index contributed by atoms with van der Waals surface area (Å²) in [6, 6.07) is 8.28. The molecule has 0 bridgehead atoms. The van der Waals surface area contributed by atoms with Crippen molar-refractivity contribution in [1.29, 1.82) is 0 Å². The molecule has 2 aromatic rings. The summed E-state index contributed by atoms with van der Waals surface area (Å²) < 4.78 is 42.2. The molecule has 1 aromatic carbocycles. The van der Waals surface area contributed by atoms with Gasteiger partial charge in [-0.3, -0.25) is 4.79 Å². The van der Waals surface area contributed by atoms with E-state index in [1.807, 2.05) is 0 Å². The highest BCUT2D eigenvalue weighted by atomic mass is 32.2. The Labute approximate surface area is 122 Å². The lowest BCUT2D eigenvalue weighted by Crippen LogP contribution is -2.10. The highest BCUT2D eigenvalue weighted by Crippen LogP contribution is 2.30. The van der Waals surface area contributed by atoms with Gasteiger partial charge in [0.15, 0.2) is 0 Å². The van der Waals surface area contributed by atoms with Gasteiger partial charge in [0.05, 0.1) is 17.6 Å². The summed E-state index contributed by atoms with van der Waals surface area (Å²) in [5.41, 5.74) is 4.61. The predicted molar refractivity (Wildman–Crippen MR) is 70.7 cm³/mol. The van der Waals surface area contributed by atoms with E-state index in [4.69, 9.17) is 9.92 Å². The van der Waals surface area contributed by atoms with Gasteiger partial charge in [0, 0.05) is 22.7 Å². The van der Waals surface area contributed by atoms with E-state index in [0.29, 0.717) is 16.7 Å². The van der Waals surface area contributed by atoms with Gasteiger partial charge in [-0.25, -0.2) is 4.98 Å². The van der Waals surface area contributed by atoms with Gasteiger partial charge in [-0.15, -0.1) is 0 Å². The van der Waals surface area contributed by atoms with Gasteiger partial charge < -0.3 is 9.92 Å². The number of alkyl halides is 3. The maximum absolute atomic E-state index is 12.3. The van der Waals surface area contributed by atoms with Gasteiger partial charge in [0.25, 0.3) is 0 Å². The zero-order chi connectivity index (χ0) is 15.5. The molecule has 0 unspecified atom stereocenters. The van der Waals surface area contributed by atoms with Crippen LogP contribution < -0.4 is 9.92 Å². The number of hydrogen-bond donors (Lipinski definition) is 1. The zero-order valence-electron chi connectivity index (χ0n) is 10.4. The first-order valence-electron chi connectivity index (χ1n) is 5.64. The molecular weight excluding hydrogens is 305 g/mol. The van der Waals surface area contributed by atoms with Crippen molar-refractivity contribution >= 4 is 17.9 Å². The van der Waals surface area contributed by atoms with Crippen LogP contribution in [0.4, 0.5) is 13.2 Å². The highest BCUT2D eigenvalue weighted by molar-refractivity contribution is 7.95. The van der Waals surface area contributed by atoms with Crippen LogP contribution in [0.3, 0.4) is 0 Å². The van der Waals surface area contributed by atoms with Crippen molar-refractivity contribution in [2.24, 2.45) is 5.73 Å². The molecule has 0 fully saturated rings. The van der Waals surface area contributed by atoms with Gasteiger partial charge >= 0.3 is 6.18 Å². The van der Waals surface area contributed by atoms with E-state index in [-0.39, 0.29) is 5.88 Å². The molecule has 1 amide bonds. The molecule has 1 aromatic heterocycles. The number of primary amides is 1. The fraction of sp³-hybridized carbons (Fsp3) is 0.0769. The summed E-state index contributed by atoms with van der Waals surface area (Å²) in [5.74, 6) is -0.496. The Morgan fingerprint density at radius 2 is 1.81 bits per heavy atom. The van der Waals surface area contributed by atoms with Crippen molar-refractivity contribution in [3.63, 3.8) is 0 Å². The minimum atomic E-state index is -4.43. The molecule has 2 N–H and O–H groups in total. The van der Waals surface area contributed by atoms with E-state index in [1.54, 1.807) is 12.1 Å². The SMILES string of the molecule is NC(=O)c1ccc(SOc2ccc(C(F)(F)F)cn2)cc1. The smallest absolute Gasteiger partial charge is 0.401 e. The van der Waals surface area contributed by atoms with Gasteiger partial charge in [0.2, 0.25) is 11.8 Å². The summed E-state index contributed by atoms with van der Waals surface area (Å²) in [4.78, 5) is 15.1. The fourth-order valence-electron chi connectivity index (χ4n) is 1.36. The van der Waals surface area contributed by atoms with Crippen molar-refractivity contribution in [3.8, 4) is 5.88 Å². The number of nitrogens with two attached hydrogens (primary N) is 1. The summed E-state index contributed by atoms with van der Waals surface area (Å²) in [6.45, 7) is 0. The van der Waals surface area contributed by atoms with Crippen LogP contribution in [-0.2, 0) is 6.18 Å². The van der Waals surface area contributed by atoms with E-state index < -0.39 is 17.6 Å². The Hall–Kier alpha value is -2.22. The monoisotopic (exact) mass is 314 g/mol. The van der Waals surface area contributed by atoms with E-state index in [1.165, 1.54) is 12.1 Å². The number of aromatic nitrogens is 1. The average Bonchev–Trinajstić information content (AvgIpc) is 2.45. The number of benzene rings is 1. The molecule has 0 atom stereocenters. The lowest BCUT2D eigenvalue weighted by molar-refractivity contribution is -0.137. The van der Waals surface area contributed by atoms with E-state index in [2.05, 4.69) is 4.98 Å². The Morgan fingerprint density at radius 3 is 2.29 bits per heavy atom. The molecule has 0 radical (unpaired) electrons. The number of hydrogen-bond acceptors (Lipinski definition) is 4. The third-order valence-corrected chi connectivity index (χ3v) is 3.14. The number of nitrogens with zero attached hydrogens (tertiary/aromatic N) is 1. The number of halogens is 3. The molecule has 8 heteroatoms. The molecule has 0 spiro atoms. The molecule has 0 saturated carbocycles. The maximum atomic E-state index is 12.3. The van der Waals surface area contributed by atoms with Crippen LogP contribution in [0, 0.1) is 0 Å². The average molecular weight is 314 g/mol. The van der Waals surface area contributed by atoms with E-state index in [9.17, 15) is 18.0 Å². The minimum absolute atomic E-state index is 0.0481. The van der Waals surface area contributed by atoms with Gasteiger partial charge in [-0.05, 0) is 30.3 Å². The van der Waals surface area contributed by atoms with Crippen LogP contribution in [0.15, 0.2) is 47.5 Å². The molecule has 4 nitrogen and oxygen atoms in total.